The van der Waals surface area contributed by atoms with Crippen LogP contribution < -0.4 is 0 Å². The van der Waals surface area contributed by atoms with Crippen molar-refractivity contribution < 1.29 is 19.1 Å². The Morgan fingerprint density at radius 1 is 1.30 bits per heavy atom. The van der Waals surface area contributed by atoms with Crippen LogP contribution in [0.15, 0.2) is 35.9 Å². The van der Waals surface area contributed by atoms with E-state index in [0.29, 0.717) is 25.2 Å². The number of piperidine rings is 1. The summed E-state index contributed by atoms with van der Waals surface area (Å²) in [6.07, 6.45) is 4.56. The number of ketones is 1. The predicted octanol–water partition coefficient (Wildman–Crippen LogP) is 3.57. The summed E-state index contributed by atoms with van der Waals surface area (Å²) in [5.74, 6) is -1.07. The quantitative estimate of drug-likeness (QED) is 0.460. The fraction of sp³-hybridized carbons (Fsp3) is 0.565. The molecule has 0 radical (unpaired) electrons. The van der Waals surface area contributed by atoms with Gasteiger partial charge in [-0.05, 0) is 44.7 Å². The van der Waals surface area contributed by atoms with Crippen LogP contribution >= 0.6 is 12.6 Å². The average molecular weight is 435 g/mol. The summed E-state index contributed by atoms with van der Waals surface area (Å²) in [6.45, 7) is 5.62. The molecule has 1 aliphatic carbocycles. The van der Waals surface area contributed by atoms with Crippen LogP contribution in [0.2, 0.25) is 0 Å². The number of carbonyl (C=O) groups excluding carboxylic acids is 1. The first-order valence-electron chi connectivity index (χ1n) is 10.6. The van der Waals surface area contributed by atoms with Gasteiger partial charge < -0.3 is 5.11 Å². The second-order valence-corrected chi connectivity index (χ2v) is 9.19. The molecule has 1 saturated heterocycles. The Morgan fingerprint density at radius 3 is 2.60 bits per heavy atom. The maximum absolute atomic E-state index is 14.6. The van der Waals surface area contributed by atoms with Crippen molar-refractivity contribution in [2.45, 2.75) is 50.4 Å². The Hall–Kier alpha value is -1.70. The third-order valence-electron chi connectivity index (χ3n) is 5.97. The van der Waals surface area contributed by atoms with E-state index in [1.165, 1.54) is 6.07 Å². The molecule has 1 heterocycles. The summed E-state index contributed by atoms with van der Waals surface area (Å²) in [7, 11) is 0. The van der Waals surface area contributed by atoms with Crippen LogP contribution in [0.3, 0.4) is 0 Å². The van der Waals surface area contributed by atoms with E-state index in [0.717, 1.165) is 24.8 Å². The molecule has 2 aliphatic rings. The monoisotopic (exact) mass is 434 g/mol. The number of carboxylic acids is 1. The fourth-order valence-electron chi connectivity index (χ4n) is 4.00. The fourth-order valence-corrected chi connectivity index (χ4v) is 4.30. The Morgan fingerprint density at radius 2 is 2.00 bits per heavy atom. The summed E-state index contributed by atoms with van der Waals surface area (Å²) in [4.78, 5) is 28.2. The second kappa shape index (κ2) is 10.1. The molecule has 164 valence electrons. The molecule has 0 amide bonds. The summed E-state index contributed by atoms with van der Waals surface area (Å²) in [5, 5.41) is 9.20. The van der Waals surface area contributed by atoms with Gasteiger partial charge in [0.05, 0.1) is 12.6 Å². The van der Waals surface area contributed by atoms with Crippen LogP contribution in [0, 0.1) is 11.7 Å². The first-order valence-corrected chi connectivity index (χ1v) is 11.1. The minimum Gasteiger partial charge on any atom is -0.480 e. The van der Waals surface area contributed by atoms with Gasteiger partial charge in [-0.3, -0.25) is 19.4 Å². The molecule has 2 fully saturated rings. The van der Waals surface area contributed by atoms with Crippen LogP contribution in [0.25, 0.3) is 0 Å². The van der Waals surface area contributed by atoms with E-state index in [2.05, 4.69) is 4.90 Å². The van der Waals surface area contributed by atoms with Crippen molar-refractivity contribution in [2.24, 2.45) is 5.92 Å². The van der Waals surface area contributed by atoms with Crippen molar-refractivity contribution in [2.75, 3.05) is 26.2 Å². The average Bonchev–Trinajstić information content (AvgIpc) is 3.53. The zero-order valence-corrected chi connectivity index (χ0v) is 18.5. The molecular formula is C23H31FN2O3S. The number of aliphatic carboxylic acids is 1. The van der Waals surface area contributed by atoms with Crippen molar-refractivity contribution in [3.8, 4) is 0 Å². The van der Waals surface area contributed by atoms with E-state index in [9.17, 15) is 14.0 Å². The van der Waals surface area contributed by atoms with Crippen LogP contribution in [-0.2, 0) is 9.59 Å². The SMILES string of the molecule is CC(C)N(C/C=C1/CN(C(C(=O)C2CC2)c2ccccc2F)CCC1S)CC(=O)O. The molecule has 0 spiro atoms. The standard InChI is InChI=1S/C23H31FN2O3S/c1-15(2)25(14-21(27)28)11-9-17-13-26(12-10-20(17)30)22(23(29)16-7-8-16)18-5-3-4-6-19(18)24/h3-6,9,15-16,20,22,30H,7-8,10-14H2,1-2H3,(H,27,28)/b17-9-. The number of benzene rings is 1. The smallest absolute Gasteiger partial charge is 0.317 e. The Labute approximate surface area is 183 Å². The molecule has 0 bridgehead atoms. The molecule has 2 unspecified atom stereocenters. The molecule has 1 N–H and O–H groups in total. The van der Waals surface area contributed by atoms with Gasteiger partial charge >= 0.3 is 5.97 Å². The number of likely N-dealkylation sites (tertiary alicyclic amines) is 1. The van der Waals surface area contributed by atoms with E-state index in [4.69, 9.17) is 17.7 Å². The van der Waals surface area contributed by atoms with Gasteiger partial charge in [-0.2, -0.15) is 12.6 Å². The van der Waals surface area contributed by atoms with Crippen molar-refractivity contribution in [1.82, 2.24) is 9.80 Å². The van der Waals surface area contributed by atoms with E-state index < -0.39 is 12.0 Å². The molecule has 7 heteroatoms. The summed E-state index contributed by atoms with van der Waals surface area (Å²) < 4.78 is 14.6. The number of carbonyl (C=O) groups is 2. The zero-order valence-electron chi connectivity index (χ0n) is 17.6. The predicted molar refractivity (Wildman–Crippen MR) is 118 cm³/mol. The molecule has 1 saturated carbocycles. The lowest BCUT2D eigenvalue weighted by molar-refractivity contribution is -0.138. The van der Waals surface area contributed by atoms with Gasteiger partial charge in [0.2, 0.25) is 0 Å². The van der Waals surface area contributed by atoms with E-state index in [1.54, 1.807) is 18.2 Å². The lowest BCUT2D eigenvalue weighted by Crippen LogP contribution is -2.43. The minimum atomic E-state index is -0.857. The molecule has 2 atom stereocenters. The highest BCUT2D eigenvalue weighted by Crippen LogP contribution is 2.39. The maximum atomic E-state index is 14.6. The highest BCUT2D eigenvalue weighted by atomic mass is 32.1. The lowest BCUT2D eigenvalue weighted by atomic mass is 9.93. The van der Waals surface area contributed by atoms with E-state index in [1.807, 2.05) is 24.8 Å². The molecule has 0 aromatic heterocycles. The Kier molecular flexibility index (Phi) is 7.71. The summed E-state index contributed by atoms with van der Waals surface area (Å²) >= 11 is 4.71. The summed E-state index contributed by atoms with van der Waals surface area (Å²) in [6, 6.07) is 6.06. The van der Waals surface area contributed by atoms with Gasteiger partial charge in [-0.15, -0.1) is 0 Å². The third-order valence-corrected chi connectivity index (χ3v) is 6.56. The second-order valence-electron chi connectivity index (χ2n) is 8.57. The third kappa shape index (κ3) is 5.71. The number of nitrogens with zero attached hydrogens (tertiary/aromatic N) is 2. The normalized spacial score (nSPS) is 22.6. The summed E-state index contributed by atoms with van der Waals surface area (Å²) in [5.41, 5.74) is 1.51. The first-order chi connectivity index (χ1) is 14.3. The zero-order chi connectivity index (χ0) is 21.8. The van der Waals surface area contributed by atoms with Crippen LogP contribution in [0.4, 0.5) is 4.39 Å². The molecule has 1 aromatic carbocycles. The molecular weight excluding hydrogens is 403 g/mol. The number of hydrogen-bond donors (Lipinski definition) is 2. The first kappa shape index (κ1) is 23.0. The molecule has 30 heavy (non-hydrogen) atoms. The highest BCUT2D eigenvalue weighted by Gasteiger charge is 2.40. The number of hydrogen-bond acceptors (Lipinski definition) is 5. The van der Waals surface area contributed by atoms with Crippen molar-refractivity contribution in [1.29, 1.82) is 0 Å². The van der Waals surface area contributed by atoms with Gasteiger partial charge in [-0.25, -0.2) is 4.39 Å². The van der Waals surface area contributed by atoms with Crippen molar-refractivity contribution in [3.63, 3.8) is 0 Å². The minimum absolute atomic E-state index is 0.0274. The van der Waals surface area contributed by atoms with Gasteiger partial charge in [0.25, 0.3) is 0 Å². The molecule has 1 aromatic rings. The van der Waals surface area contributed by atoms with Gasteiger partial charge in [0.15, 0.2) is 5.78 Å². The lowest BCUT2D eigenvalue weighted by Gasteiger charge is -2.38. The number of thiol groups is 1. The van der Waals surface area contributed by atoms with Crippen LogP contribution in [0.1, 0.15) is 44.7 Å². The number of rotatable bonds is 9. The Bertz CT molecular complexity index is 809. The largest absolute Gasteiger partial charge is 0.480 e. The van der Waals surface area contributed by atoms with Crippen molar-refractivity contribution >= 4 is 24.4 Å². The number of carboxylic acid groups (broad SMARTS) is 1. The topological polar surface area (TPSA) is 60.9 Å². The Balaban J connectivity index is 1.81. The van der Waals surface area contributed by atoms with Crippen molar-refractivity contribution in [3.05, 3.63) is 47.3 Å². The number of halogens is 1. The van der Waals surface area contributed by atoms with Crippen LogP contribution in [0.5, 0.6) is 0 Å². The van der Waals surface area contributed by atoms with Gasteiger partial charge in [0.1, 0.15) is 5.82 Å². The van der Waals surface area contributed by atoms with Gasteiger partial charge in [-0.1, -0.05) is 24.3 Å². The maximum Gasteiger partial charge on any atom is 0.317 e. The van der Waals surface area contributed by atoms with Gasteiger partial charge in [0, 0.05) is 42.4 Å². The molecule has 1 aliphatic heterocycles. The van der Waals surface area contributed by atoms with E-state index >= 15 is 0 Å². The van der Waals surface area contributed by atoms with Crippen LogP contribution in [-0.4, -0.2) is 64.1 Å². The highest BCUT2D eigenvalue weighted by molar-refractivity contribution is 7.81. The number of Topliss-reactive ketones (excluding diaryl/α,β-unsaturated/α-hetero) is 1. The molecule has 3 rings (SSSR count). The van der Waals surface area contributed by atoms with E-state index in [-0.39, 0.29) is 35.4 Å². The molecule has 5 nitrogen and oxygen atoms in total.